The maximum atomic E-state index is 4.58. The monoisotopic (exact) mass is 310 g/mol. The molecule has 2 aromatic heterocycles. The molecule has 22 heavy (non-hydrogen) atoms. The van der Waals surface area contributed by atoms with Crippen LogP contribution >= 0.6 is 11.3 Å². The van der Waals surface area contributed by atoms with Gasteiger partial charge in [-0.05, 0) is 44.7 Å². The van der Waals surface area contributed by atoms with Gasteiger partial charge in [0.25, 0.3) is 0 Å². The van der Waals surface area contributed by atoms with E-state index in [1.54, 1.807) is 17.7 Å². The molecule has 4 nitrogen and oxygen atoms in total. The molecular weight excluding hydrogens is 292 g/mol. The Kier molecular flexibility index (Phi) is 3.30. The highest BCUT2D eigenvalue weighted by atomic mass is 32.1. The number of hydrogen-bond acceptors (Lipinski definition) is 5. The van der Waals surface area contributed by atoms with Crippen molar-refractivity contribution >= 4 is 28.1 Å². The Morgan fingerprint density at radius 2 is 2.05 bits per heavy atom. The molecule has 4 rings (SSSR count). The molecule has 1 N–H and O–H groups in total. The van der Waals surface area contributed by atoms with E-state index >= 15 is 0 Å². The fourth-order valence-corrected chi connectivity index (χ4v) is 3.68. The second-order valence-electron chi connectivity index (χ2n) is 6.01. The van der Waals surface area contributed by atoms with Crippen molar-refractivity contribution in [1.29, 1.82) is 0 Å². The zero-order valence-electron chi connectivity index (χ0n) is 12.7. The van der Waals surface area contributed by atoms with Gasteiger partial charge >= 0.3 is 0 Å². The van der Waals surface area contributed by atoms with Gasteiger partial charge in [-0.2, -0.15) is 0 Å². The highest BCUT2D eigenvalue weighted by Gasteiger charge is 2.34. The molecule has 0 radical (unpaired) electrons. The summed E-state index contributed by atoms with van der Waals surface area (Å²) < 4.78 is 0. The van der Waals surface area contributed by atoms with Crippen molar-refractivity contribution in [2.45, 2.75) is 32.7 Å². The Morgan fingerprint density at radius 3 is 2.77 bits per heavy atom. The third-order valence-corrected chi connectivity index (χ3v) is 5.08. The summed E-state index contributed by atoms with van der Waals surface area (Å²) in [4.78, 5) is 14.7. The molecule has 1 saturated carbocycles. The second-order valence-corrected chi connectivity index (χ2v) is 7.28. The van der Waals surface area contributed by atoms with Gasteiger partial charge in [0.1, 0.15) is 17.2 Å². The minimum Gasteiger partial charge on any atom is -0.360 e. The van der Waals surface area contributed by atoms with Gasteiger partial charge in [-0.3, -0.25) is 0 Å². The lowest BCUT2D eigenvalue weighted by molar-refractivity contribution is 0.671. The summed E-state index contributed by atoms with van der Waals surface area (Å²) in [5, 5.41) is 5.89. The topological polar surface area (TPSA) is 50.7 Å². The molecule has 2 heterocycles. The smallest absolute Gasteiger partial charge is 0.137 e. The van der Waals surface area contributed by atoms with Crippen LogP contribution < -0.4 is 5.32 Å². The Hall–Kier alpha value is -2.01. The molecule has 1 aromatic carbocycles. The third-order valence-electron chi connectivity index (χ3n) is 4.08. The van der Waals surface area contributed by atoms with Gasteiger partial charge in [0.15, 0.2) is 0 Å². The summed E-state index contributed by atoms with van der Waals surface area (Å²) >= 11 is 1.77. The van der Waals surface area contributed by atoms with Crippen LogP contribution in [0.1, 0.15) is 34.3 Å². The number of aryl methyl sites for hydroxylation is 2. The molecule has 1 aliphatic rings. The maximum Gasteiger partial charge on any atom is 0.137 e. The number of benzene rings is 1. The average molecular weight is 310 g/mol. The molecule has 1 atom stereocenters. The van der Waals surface area contributed by atoms with Crippen LogP contribution in [0.3, 0.4) is 0 Å². The molecule has 5 heteroatoms. The summed E-state index contributed by atoms with van der Waals surface area (Å²) in [5.74, 6) is 1.58. The molecule has 0 saturated heterocycles. The standard InChI is InChI=1S/C17H18N4S/c1-10-3-6-14-13(7-10)16(20-9-19-14)21-15(12-4-5-12)17-18-8-11(2)22-17/h3,6-9,12,15H,4-5H2,1-2H3,(H,19,20,21). The van der Waals surface area contributed by atoms with Crippen LogP contribution in [0, 0.1) is 19.8 Å². The predicted octanol–water partition coefficient (Wildman–Crippen LogP) is 4.27. The van der Waals surface area contributed by atoms with Crippen LogP contribution in [-0.4, -0.2) is 15.0 Å². The quantitative estimate of drug-likeness (QED) is 0.782. The summed E-state index contributed by atoms with van der Waals surface area (Å²) in [5.41, 5.74) is 2.20. The summed E-state index contributed by atoms with van der Waals surface area (Å²) in [6.45, 7) is 4.20. The van der Waals surface area contributed by atoms with Crippen LogP contribution in [0.15, 0.2) is 30.7 Å². The van der Waals surface area contributed by atoms with Crippen molar-refractivity contribution in [2.24, 2.45) is 5.92 Å². The number of thiazole rings is 1. The molecule has 1 fully saturated rings. The van der Waals surface area contributed by atoms with E-state index in [2.05, 4.69) is 52.3 Å². The van der Waals surface area contributed by atoms with Crippen LogP contribution in [0.2, 0.25) is 0 Å². The van der Waals surface area contributed by atoms with Gasteiger partial charge in [0, 0.05) is 16.5 Å². The van der Waals surface area contributed by atoms with Crippen LogP contribution in [0.5, 0.6) is 0 Å². The minimum absolute atomic E-state index is 0.261. The SMILES string of the molecule is Cc1ccc2ncnc(NC(c3ncc(C)s3)C3CC3)c2c1. The molecule has 0 bridgehead atoms. The lowest BCUT2D eigenvalue weighted by atomic mass is 10.1. The lowest BCUT2D eigenvalue weighted by Crippen LogP contribution is -2.14. The van der Waals surface area contributed by atoms with Crippen molar-refractivity contribution in [2.75, 3.05) is 5.32 Å². The summed E-state index contributed by atoms with van der Waals surface area (Å²) in [6.07, 6.45) is 6.12. The fraction of sp³-hybridized carbons (Fsp3) is 0.353. The third kappa shape index (κ3) is 2.57. The van der Waals surface area contributed by atoms with E-state index in [9.17, 15) is 0 Å². The molecular formula is C17H18N4S. The average Bonchev–Trinajstić information content (AvgIpc) is 3.26. The molecule has 0 aliphatic heterocycles. The first-order valence-electron chi connectivity index (χ1n) is 7.61. The van der Waals surface area contributed by atoms with Crippen LogP contribution in [0.4, 0.5) is 5.82 Å². The normalized spacial score (nSPS) is 15.9. The summed E-state index contributed by atoms with van der Waals surface area (Å²) in [7, 11) is 0. The van der Waals surface area contributed by atoms with E-state index in [-0.39, 0.29) is 6.04 Å². The van der Waals surface area contributed by atoms with Crippen molar-refractivity contribution in [3.63, 3.8) is 0 Å². The molecule has 0 spiro atoms. The highest BCUT2D eigenvalue weighted by Crippen LogP contribution is 2.44. The van der Waals surface area contributed by atoms with Gasteiger partial charge in [-0.25, -0.2) is 15.0 Å². The number of nitrogens with zero attached hydrogens (tertiary/aromatic N) is 3. The van der Waals surface area contributed by atoms with Crippen LogP contribution in [0.25, 0.3) is 10.9 Å². The first-order valence-corrected chi connectivity index (χ1v) is 8.42. The zero-order valence-corrected chi connectivity index (χ0v) is 13.5. The number of aromatic nitrogens is 3. The number of anilines is 1. The van der Waals surface area contributed by atoms with E-state index in [1.165, 1.54) is 28.3 Å². The molecule has 0 amide bonds. The zero-order chi connectivity index (χ0) is 15.1. The lowest BCUT2D eigenvalue weighted by Gasteiger charge is -2.17. The van der Waals surface area contributed by atoms with Crippen molar-refractivity contribution in [3.05, 3.63) is 46.2 Å². The Morgan fingerprint density at radius 1 is 1.18 bits per heavy atom. The number of nitrogens with one attached hydrogen (secondary N) is 1. The Labute approximate surface area is 133 Å². The largest absolute Gasteiger partial charge is 0.360 e. The first-order chi connectivity index (χ1) is 10.7. The van der Waals surface area contributed by atoms with Gasteiger partial charge in [-0.15, -0.1) is 11.3 Å². The number of rotatable bonds is 4. The number of hydrogen-bond donors (Lipinski definition) is 1. The molecule has 1 aliphatic carbocycles. The van der Waals surface area contributed by atoms with E-state index in [1.807, 2.05) is 6.20 Å². The first kappa shape index (κ1) is 13.6. The van der Waals surface area contributed by atoms with E-state index in [0.717, 1.165) is 16.7 Å². The van der Waals surface area contributed by atoms with E-state index in [4.69, 9.17) is 0 Å². The van der Waals surface area contributed by atoms with Crippen molar-refractivity contribution in [1.82, 2.24) is 15.0 Å². The van der Waals surface area contributed by atoms with Gasteiger partial charge in [0.05, 0.1) is 11.6 Å². The van der Waals surface area contributed by atoms with Gasteiger partial charge < -0.3 is 5.32 Å². The minimum atomic E-state index is 0.261. The number of fused-ring (bicyclic) bond motifs is 1. The maximum absolute atomic E-state index is 4.58. The van der Waals surface area contributed by atoms with Gasteiger partial charge in [-0.1, -0.05) is 11.6 Å². The van der Waals surface area contributed by atoms with Crippen LogP contribution in [-0.2, 0) is 0 Å². The van der Waals surface area contributed by atoms with Gasteiger partial charge in [0.2, 0.25) is 0 Å². The Balaban J connectivity index is 1.73. The molecule has 112 valence electrons. The van der Waals surface area contributed by atoms with E-state index < -0.39 is 0 Å². The molecule has 1 unspecified atom stereocenters. The highest BCUT2D eigenvalue weighted by molar-refractivity contribution is 7.11. The van der Waals surface area contributed by atoms with E-state index in [0.29, 0.717) is 5.92 Å². The predicted molar refractivity (Wildman–Crippen MR) is 90.2 cm³/mol. The summed E-state index contributed by atoms with van der Waals surface area (Å²) in [6, 6.07) is 6.55. The fourth-order valence-electron chi connectivity index (χ4n) is 2.76. The second kappa shape index (κ2) is 5.32. The molecule has 3 aromatic rings. The van der Waals surface area contributed by atoms with Crippen molar-refractivity contribution < 1.29 is 0 Å². The van der Waals surface area contributed by atoms with Crippen molar-refractivity contribution in [3.8, 4) is 0 Å². The Bertz CT molecular complexity index is 822.